The van der Waals surface area contributed by atoms with E-state index >= 15 is 0 Å². The van der Waals surface area contributed by atoms with Gasteiger partial charge in [0.05, 0.1) is 23.6 Å². The fourth-order valence-electron chi connectivity index (χ4n) is 2.90. The molecule has 1 atom stereocenters. The molecule has 2 aromatic rings. The van der Waals surface area contributed by atoms with Crippen molar-refractivity contribution in [2.45, 2.75) is 25.9 Å². The first-order valence-electron chi connectivity index (χ1n) is 7.66. The Hall–Kier alpha value is -1.18. The van der Waals surface area contributed by atoms with Crippen LogP contribution in [-0.2, 0) is 16.4 Å². The monoisotopic (exact) mass is 427 g/mol. The fourth-order valence-corrected chi connectivity index (χ4v) is 5.99. The molecule has 2 heterocycles. The molecule has 3 rings (SSSR count). The number of rotatable bonds is 4. The number of carbonyl (C=O) groups is 1. The molecule has 0 bridgehead atoms. The van der Waals surface area contributed by atoms with Crippen molar-refractivity contribution in [1.29, 1.82) is 0 Å². The van der Waals surface area contributed by atoms with Gasteiger partial charge in [0.25, 0.3) is 5.91 Å². The molecule has 0 aliphatic carbocycles. The smallest absolute Gasteiger partial charge is 0.255 e. The minimum absolute atomic E-state index is 0.0492. The van der Waals surface area contributed by atoms with Crippen LogP contribution in [-0.4, -0.2) is 36.8 Å². The van der Waals surface area contributed by atoms with Gasteiger partial charge < -0.3 is 4.90 Å². The Morgan fingerprint density at radius 3 is 2.67 bits per heavy atom. The fraction of sp³-hybridized carbons (Fsp3) is 0.353. The van der Waals surface area contributed by atoms with E-state index in [-0.39, 0.29) is 23.5 Å². The minimum atomic E-state index is -3.06. The summed E-state index contributed by atoms with van der Waals surface area (Å²) in [4.78, 5) is 15.9. The SMILES string of the molecule is Cc1ccsc1CN(C(=O)c1ccccc1Br)[C@H]1CCS(=O)(=O)C1. The first-order chi connectivity index (χ1) is 11.4. The van der Waals surface area contributed by atoms with Crippen LogP contribution in [0.1, 0.15) is 27.2 Å². The molecule has 1 aliphatic heterocycles. The van der Waals surface area contributed by atoms with Gasteiger partial charge in [-0.2, -0.15) is 0 Å². The van der Waals surface area contributed by atoms with Gasteiger partial charge >= 0.3 is 0 Å². The molecule has 1 fully saturated rings. The predicted molar refractivity (Wildman–Crippen MR) is 100 cm³/mol. The summed E-state index contributed by atoms with van der Waals surface area (Å²) in [5, 5.41) is 2.00. The zero-order chi connectivity index (χ0) is 17.3. The van der Waals surface area contributed by atoms with E-state index < -0.39 is 9.84 Å². The lowest BCUT2D eigenvalue weighted by molar-refractivity contribution is 0.0682. The number of aryl methyl sites for hydroxylation is 1. The van der Waals surface area contributed by atoms with Gasteiger partial charge in [0.15, 0.2) is 9.84 Å². The maximum Gasteiger partial charge on any atom is 0.255 e. The van der Waals surface area contributed by atoms with Crippen molar-refractivity contribution in [2.24, 2.45) is 0 Å². The summed E-state index contributed by atoms with van der Waals surface area (Å²) in [6.45, 7) is 2.46. The second-order valence-electron chi connectivity index (χ2n) is 6.00. The van der Waals surface area contributed by atoms with Crippen LogP contribution in [0.2, 0.25) is 0 Å². The Kier molecular flexibility index (Phi) is 5.13. The lowest BCUT2D eigenvalue weighted by atomic mass is 10.1. The Morgan fingerprint density at radius 2 is 2.08 bits per heavy atom. The second-order valence-corrected chi connectivity index (χ2v) is 10.1. The number of nitrogens with zero attached hydrogens (tertiary/aromatic N) is 1. The van der Waals surface area contributed by atoms with Crippen LogP contribution >= 0.6 is 27.3 Å². The van der Waals surface area contributed by atoms with Crippen molar-refractivity contribution in [3.63, 3.8) is 0 Å². The van der Waals surface area contributed by atoms with Crippen LogP contribution in [0.5, 0.6) is 0 Å². The van der Waals surface area contributed by atoms with Gasteiger partial charge in [-0.25, -0.2) is 8.42 Å². The number of thiophene rings is 1. The van der Waals surface area contributed by atoms with Gasteiger partial charge in [-0.1, -0.05) is 12.1 Å². The Balaban J connectivity index is 1.94. The molecule has 24 heavy (non-hydrogen) atoms. The Bertz CT molecular complexity index is 860. The summed E-state index contributed by atoms with van der Waals surface area (Å²) in [5.41, 5.74) is 1.70. The topological polar surface area (TPSA) is 54.5 Å². The lowest BCUT2D eigenvalue weighted by Crippen LogP contribution is -2.40. The number of hydrogen-bond donors (Lipinski definition) is 0. The van der Waals surface area contributed by atoms with Crippen molar-refractivity contribution in [3.8, 4) is 0 Å². The van der Waals surface area contributed by atoms with Gasteiger partial charge in [-0.15, -0.1) is 11.3 Å². The molecule has 0 radical (unpaired) electrons. The van der Waals surface area contributed by atoms with E-state index in [4.69, 9.17) is 0 Å². The van der Waals surface area contributed by atoms with Crippen LogP contribution in [0, 0.1) is 6.92 Å². The highest BCUT2D eigenvalue weighted by molar-refractivity contribution is 9.10. The number of halogens is 1. The van der Waals surface area contributed by atoms with Gasteiger partial charge in [0, 0.05) is 15.4 Å². The molecule has 128 valence electrons. The molecule has 7 heteroatoms. The van der Waals surface area contributed by atoms with E-state index in [1.165, 1.54) is 0 Å². The van der Waals surface area contributed by atoms with Crippen molar-refractivity contribution >= 4 is 43.0 Å². The third-order valence-electron chi connectivity index (χ3n) is 4.30. The largest absolute Gasteiger partial charge is 0.329 e. The highest BCUT2D eigenvalue weighted by Gasteiger charge is 2.35. The van der Waals surface area contributed by atoms with Crippen molar-refractivity contribution < 1.29 is 13.2 Å². The normalized spacial score (nSPS) is 19.3. The molecule has 0 unspecified atom stereocenters. The van der Waals surface area contributed by atoms with E-state index in [9.17, 15) is 13.2 Å². The Morgan fingerprint density at radius 1 is 1.33 bits per heavy atom. The zero-order valence-electron chi connectivity index (χ0n) is 13.2. The number of carbonyl (C=O) groups excluding carboxylic acids is 1. The van der Waals surface area contributed by atoms with Gasteiger partial charge in [0.2, 0.25) is 0 Å². The van der Waals surface area contributed by atoms with E-state index in [1.807, 2.05) is 36.6 Å². The second kappa shape index (κ2) is 6.98. The first-order valence-corrected chi connectivity index (χ1v) is 11.2. The standard InChI is InChI=1S/C17H18BrNO3S2/c1-12-6-8-23-16(12)10-19(13-7-9-24(21,22)11-13)17(20)14-4-2-3-5-15(14)18/h2-6,8,13H,7,9-11H2,1H3/t13-/m0/s1. The molecule has 0 N–H and O–H groups in total. The Labute approximate surface area is 154 Å². The first kappa shape index (κ1) is 17.6. The quantitative estimate of drug-likeness (QED) is 0.747. The summed E-state index contributed by atoms with van der Waals surface area (Å²) in [5.74, 6) is 0.0754. The lowest BCUT2D eigenvalue weighted by Gasteiger charge is -2.28. The van der Waals surface area contributed by atoms with Crippen LogP contribution in [0.15, 0.2) is 40.2 Å². The number of sulfone groups is 1. The summed E-state index contributed by atoms with van der Waals surface area (Å²) in [6.07, 6.45) is 0.503. The molecular formula is C17H18BrNO3S2. The molecule has 4 nitrogen and oxygen atoms in total. The predicted octanol–water partition coefficient (Wildman–Crippen LogP) is 3.65. The van der Waals surface area contributed by atoms with E-state index in [0.717, 1.165) is 14.9 Å². The van der Waals surface area contributed by atoms with Crippen LogP contribution in [0.25, 0.3) is 0 Å². The molecule has 1 aromatic carbocycles. The van der Waals surface area contributed by atoms with Crippen LogP contribution in [0.4, 0.5) is 0 Å². The summed E-state index contributed by atoms with van der Waals surface area (Å²) < 4.78 is 24.5. The molecule has 0 spiro atoms. The minimum Gasteiger partial charge on any atom is -0.329 e. The highest BCUT2D eigenvalue weighted by Crippen LogP contribution is 2.27. The molecule has 1 aliphatic rings. The zero-order valence-corrected chi connectivity index (χ0v) is 16.5. The van der Waals surface area contributed by atoms with E-state index in [1.54, 1.807) is 22.3 Å². The van der Waals surface area contributed by atoms with Crippen LogP contribution < -0.4 is 0 Å². The number of benzene rings is 1. The summed E-state index contributed by atoms with van der Waals surface area (Å²) in [6, 6.07) is 9.02. The van der Waals surface area contributed by atoms with Crippen LogP contribution in [0.3, 0.4) is 0 Å². The molecule has 1 saturated heterocycles. The number of amides is 1. The third kappa shape index (κ3) is 3.73. The maximum absolute atomic E-state index is 13.1. The van der Waals surface area contributed by atoms with Gasteiger partial charge in [0.1, 0.15) is 0 Å². The summed E-state index contributed by atoms with van der Waals surface area (Å²) in [7, 11) is -3.06. The molecular weight excluding hydrogens is 410 g/mol. The molecule has 1 amide bonds. The maximum atomic E-state index is 13.1. The molecule has 0 saturated carbocycles. The van der Waals surface area contributed by atoms with E-state index in [2.05, 4.69) is 15.9 Å². The highest BCUT2D eigenvalue weighted by atomic mass is 79.9. The van der Waals surface area contributed by atoms with Gasteiger partial charge in [-0.3, -0.25) is 4.79 Å². The van der Waals surface area contributed by atoms with Crippen molar-refractivity contribution in [1.82, 2.24) is 4.90 Å². The van der Waals surface area contributed by atoms with Gasteiger partial charge in [-0.05, 0) is 58.4 Å². The average Bonchev–Trinajstić information content (AvgIpc) is 3.10. The molecule has 1 aromatic heterocycles. The van der Waals surface area contributed by atoms with E-state index in [0.29, 0.717) is 18.5 Å². The third-order valence-corrected chi connectivity index (χ3v) is 7.75. The van der Waals surface area contributed by atoms with Crippen molar-refractivity contribution in [3.05, 3.63) is 56.2 Å². The average molecular weight is 428 g/mol. The number of hydrogen-bond acceptors (Lipinski definition) is 4. The van der Waals surface area contributed by atoms with Crippen molar-refractivity contribution in [2.75, 3.05) is 11.5 Å². The summed E-state index contributed by atoms with van der Waals surface area (Å²) >= 11 is 5.02.